The number of nitrogens with one attached hydrogen (secondary N) is 1. The van der Waals surface area contributed by atoms with Gasteiger partial charge in [-0.25, -0.2) is 0 Å². The van der Waals surface area contributed by atoms with E-state index in [1.165, 1.54) is 0 Å². The number of likely N-dealkylation sites (tertiary alicyclic amines) is 1. The Hall–Kier alpha value is -2.83. The van der Waals surface area contributed by atoms with Crippen molar-refractivity contribution in [3.8, 4) is 11.5 Å². The van der Waals surface area contributed by atoms with Gasteiger partial charge >= 0.3 is 0 Å². The van der Waals surface area contributed by atoms with Gasteiger partial charge in [-0.15, -0.1) is 0 Å². The number of carbonyl (C=O) groups excluding carboxylic acids is 1. The van der Waals surface area contributed by atoms with Crippen LogP contribution in [0.3, 0.4) is 0 Å². The molecule has 0 aliphatic carbocycles. The number of carbonyl (C=O) groups is 1. The van der Waals surface area contributed by atoms with Gasteiger partial charge in [0.25, 0.3) is 5.91 Å². The maximum Gasteiger partial charge on any atom is 0.274 e. The average molecular weight is 325 g/mol. The Labute approximate surface area is 139 Å². The molecule has 4 heterocycles. The summed E-state index contributed by atoms with van der Waals surface area (Å²) in [6.07, 6.45) is 8.44. The Morgan fingerprint density at radius 1 is 1.38 bits per heavy atom. The van der Waals surface area contributed by atoms with Gasteiger partial charge in [0.15, 0.2) is 11.5 Å². The zero-order chi connectivity index (χ0) is 16.4. The van der Waals surface area contributed by atoms with E-state index in [0.29, 0.717) is 23.7 Å². The number of aromatic nitrogens is 4. The van der Waals surface area contributed by atoms with Gasteiger partial charge in [-0.3, -0.25) is 14.6 Å². The molecule has 1 aliphatic rings. The van der Waals surface area contributed by atoms with Crippen LogP contribution in [0.1, 0.15) is 29.8 Å². The molecule has 7 heteroatoms. The van der Waals surface area contributed by atoms with E-state index in [2.05, 4.69) is 15.3 Å². The molecule has 0 aromatic carbocycles. The zero-order valence-corrected chi connectivity index (χ0v) is 13.3. The highest BCUT2D eigenvalue weighted by atomic mass is 16.3. The number of hydrogen-bond acceptors (Lipinski definition) is 4. The van der Waals surface area contributed by atoms with Gasteiger partial charge in [0, 0.05) is 25.0 Å². The van der Waals surface area contributed by atoms with Crippen LogP contribution in [-0.4, -0.2) is 43.4 Å². The number of furan rings is 1. The van der Waals surface area contributed by atoms with Crippen molar-refractivity contribution in [1.29, 1.82) is 0 Å². The number of hydrogen-bond donors (Lipinski definition) is 1. The molecule has 1 fully saturated rings. The maximum atomic E-state index is 12.9. The third-order valence-electron chi connectivity index (χ3n) is 4.43. The van der Waals surface area contributed by atoms with Crippen LogP contribution in [0.5, 0.6) is 0 Å². The van der Waals surface area contributed by atoms with Crippen LogP contribution >= 0.6 is 0 Å². The van der Waals surface area contributed by atoms with E-state index in [0.717, 1.165) is 25.8 Å². The van der Waals surface area contributed by atoms with E-state index in [-0.39, 0.29) is 11.9 Å². The molecule has 0 bridgehead atoms. The third-order valence-corrected chi connectivity index (χ3v) is 4.43. The predicted octanol–water partition coefficient (Wildman–Crippen LogP) is 2.56. The minimum Gasteiger partial charge on any atom is -0.463 e. The number of aromatic amines is 1. The van der Waals surface area contributed by atoms with E-state index in [1.807, 2.05) is 34.0 Å². The van der Waals surface area contributed by atoms with Crippen molar-refractivity contribution < 1.29 is 9.21 Å². The van der Waals surface area contributed by atoms with E-state index in [1.54, 1.807) is 18.5 Å². The van der Waals surface area contributed by atoms with Crippen molar-refractivity contribution >= 4 is 5.91 Å². The second-order valence-electron chi connectivity index (χ2n) is 6.02. The SMILES string of the molecule is O=C(c1cc(-c2ccco2)[nH]n1)N1CCCC[C@H]1Cn1cccn1. The second-order valence-corrected chi connectivity index (χ2v) is 6.02. The van der Waals surface area contributed by atoms with Gasteiger partial charge in [-0.05, 0) is 37.5 Å². The molecule has 3 aromatic heterocycles. The minimum absolute atomic E-state index is 0.0408. The first-order valence-corrected chi connectivity index (χ1v) is 8.19. The highest BCUT2D eigenvalue weighted by Gasteiger charge is 2.29. The van der Waals surface area contributed by atoms with Crippen molar-refractivity contribution in [3.05, 3.63) is 48.6 Å². The summed E-state index contributed by atoms with van der Waals surface area (Å²) in [6, 6.07) is 7.44. The largest absolute Gasteiger partial charge is 0.463 e. The number of nitrogens with zero attached hydrogens (tertiary/aromatic N) is 4. The summed E-state index contributed by atoms with van der Waals surface area (Å²) >= 11 is 0. The van der Waals surface area contributed by atoms with Crippen molar-refractivity contribution in [1.82, 2.24) is 24.9 Å². The van der Waals surface area contributed by atoms with Gasteiger partial charge in [0.1, 0.15) is 5.69 Å². The lowest BCUT2D eigenvalue weighted by Gasteiger charge is -2.35. The Morgan fingerprint density at radius 2 is 2.33 bits per heavy atom. The molecular formula is C17H19N5O2. The molecule has 0 unspecified atom stereocenters. The van der Waals surface area contributed by atoms with Crippen molar-refractivity contribution in [2.24, 2.45) is 0 Å². The molecule has 0 spiro atoms. The molecule has 124 valence electrons. The Kier molecular flexibility index (Phi) is 3.90. The maximum absolute atomic E-state index is 12.9. The average Bonchev–Trinajstić information content (AvgIpc) is 3.35. The summed E-state index contributed by atoms with van der Waals surface area (Å²) < 4.78 is 7.23. The van der Waals surface area contributed by atoms with Gasteiger partial charge in [0.2, 0.25) is 0 Å². The standard InChI is InChI=1S/C17H19N5O2/c23-17(15-11-14(19-20-15)16-6-3-10-24-16)22-9-2-1-5-13(22)12-21-8-4-7-18-21/h3-4,6-8,10-11,13H,1-2,5,9,12H2,(H,19,20)/t13-/m0/s1. The highest BCUT2D eigenvalue weighted by molar-refractivity contribution is 5.93. The molecule has 7 nitrogen and oxygen atoms in total. The quantitative estimate of drug-likeness (QED) is 0.799. The van der Waals surface area contributed by atoms with Gasteiger partial charge < -0.3 is 9.32 Å². The van der Waals surface area contributed by atoms with Crippen LogP contribution in [0, 0.1) is 0 Å². The summed E-state index contributed by atoms with van der Waals surface area (Å²) in [5.41, 5.74) is 1.14. The molecule has 1 N–H and O–H groups in total. The molecule has 3 aromatic rings. The number of piperidine rings is 1. The van der Waals surface area contributed by atoms with Crippen molar-refractivity contribution in [3.63, 3.8) is 0 Å². The Morgan fingerprint density at radius 3 is 3.12 bits per heavy atom. The number of amides is 1. The summed E-state index contributed by atoms with van der Waals surface area (Å²) in [7, 11) is 0. The highest BCUT2D eigenvalue weighted by Crippen LogP contribution is 2.23. The Balaban J connectivity index is 1.53. The summed E-state index contributed by atoms with van der Waals surface area (Å²) in [5.74, 6) is 0.634. The lowest BCUT2D eigenvalue weighted by molar-refractivity contribution is 0.0578. The van der Waals surface area contributed by atoms with Gasteiger partial charge in [0.05, 0.1) is 18.8 Å². The molecule has 4 rings (SSSR count). The van der Waals surface area contributed by atoms with Crippen LogP contribution in [-0.2, 0) is 6.54 Å². The Bertz CT molecular complexity index is 791. The topological polar surface area (TPSA) is 80.0 Å². The first kappa shape index (κ1) is 14.7. The third kappa shape index (κ3) is 2.84. The molecule has 0 radical (unpaired) electrons. The normalized spacial score (nSPS) is 18.0. The van der Waals surface area contributed by atoms with Crippen LogP contribution in [0.2, 0.25) is 0 Å². The van der Waals surface area contributed by atoms with E-state index >= 15 is 0 Å². The fraction of sp³-hybridized carbons (Fsp3) is 0.353. The van der Waals surface area contributed by atoms with Crippen LogP contribution < -0.4 is 0 Å². The summed E-state index contributed by atoms with van der Waals surface area (Å²) in [6.45, 7) is 1.47. The minimum atomic E-state index is -0.0408. The number of rotatable bonds is 4. The zero-order valence-electron chi connectivity index (χ0n) is 13.3. The second kappa shape index (κ2) is 6.35. The van der Waals surface area contributed by atoms with Crippen LogP contribution in [0.15, 0.2) is 47.3 Å². The fourth-order valence-electron chi connectivity index (χ4n) is 3.22. The number of H-pyrrole nitrogens is 1. The molecule has 1 amide bonds. The molecule has 1 aliphatic heterocycles. The molecule has 1 atom stereocenters. The lowest BCUT2D eigenvalue weighted by atomic mass is 10.0. The van der Waals surface area contributed by atoms with E-state index in [4.69, 9.17) is 4.42 Å². The summed E-state index contributed by atoms with van der Waals surface area (Å²) in [4.78, 5) is 14.8. The molecule has 1 saturated heterocycles. The fourth-order valence-corrected chi connectivity index (χ4v) is 3.22. The van der Waals surface area contributed by atoms with Gasteiger partial charge in [-0.2, -0.15) is 10.2 Å². The van der Waals surface area contributed by atoms with E-state index < -0.39 is 0 Å². The predicted molar refractivity (Wildman–Crippen MR) is 87.2 cm³/mol. The van der Waals surface area contributed by atoms with Crippen molar-refractivity contribution in [2.45, 2.75) is 31.8 Å². The monoisotopic (exact) mass is 325 g/mol. The smallest absolute Gasteiger partial charge is 0.274 e. The molecule has 24 heavy (non-hydrogen) atoms. The first-order valence-electron chi connectivity index (χ1n) is 8.19. The van der Waals surface area contributed by atoms with Crippen LogP contribution in [0.25, 0.3) is 11.5 Å². The van der Waals surface area contributed by atoms with Crippen LogP contribution in [0.4, 0.5) is 0 Å². The van der Waals surface area contributed by atoms with Crippen molar-refractivity contribution in [2.75, 3.05) is 6.54 Å². The lowest BCUT2D eigenvalue weighted by Crippen LogP contribution is -2.46. The first-order chi connectivity index (χ1) is 11.8. The van der Waals surface area contributed by atoms with Gasteiger partial charge in [-0.1, -0.05) is 0 Å². The molecule has 0 saturated carbocycles. The van der Waals surface area contributed by atoms with E-state index in [9.17, 15) is 4.79 Å². The summed E-state index contributed by atoms with van der Waals surface area (Å²) in [5, 5.41) is 11.3. The molecular weight excluding hydrogens is 306 g/mol.